The maximum atomic E-state index is 12.5. The first-order valence-corrected chi connectivity index (χ1v) is 9.11. The minimum absolute atomic E-state index is 0.0203. The number of aromatic nitrogens is 3. The van der Waals surface area contributed by atoms with Crippen LogP contribution in [-0.2, 0) is 17.8 Å². The van der Waals surface area contributed by atoms with E-state index in [-0.39, 0.29) is 11.8 Å². The third-order valence-electron chi connectivity index (χ3n) is 4.81. The minimum Gasteiger partial charge on any atom is -0.493 e. The topological polar surface area (TPSA) is 78.3 Å². The van der Waals surface area contributed by atoms with Crippen LogP contribution in [0.25, 0.3) is 11.0 Å². The van der Waals surface area contributed by atoms with Crippen molar-refractivity contribution < 1.29 is 14.3 Å². The summed E-state index contributed by atoms with van der Waals surface area (Å²) in [5.41, 5.74) is 2.90. The molecule has 7 nitrogen and oxygen atoms in total. The monoisotopic (exact) mass is 366 g/mol. The molecule has 1 aliphatic heterocycles. The molecule has 0 fully saturated rings. The zero-order valence-electron chi connectivity index (χ0n) is 15.2. The standard InChI is InChI=1S/C20H22N4O3/c1-26-18-9-4-6-14-12-15(13-27-19(14)18)20(25)21-10-5-11-24-17-8-3-2-7-16(17)22-23-24/h2-4,6-9,15H,5,10-13H2,1H3,(H,21,25)/t15-/m0/s1. The molecule has 4 rings (SSSR count). The first-order chi connectivity index (χ1) is 13.3. The second-order valence-corrected chi connectivity index (χ2v) is 6.61. The van der Waals surface area contributed by atoms with Crippen molar-refractivity contribution in [1.29, 1.82) is 0 Å². The van der Waals surface area contributed by atoms with Gasteiger partial charge in [0.05, 0.1) is 18.5 Å². The van der Waals surface area contributed by atoms with Crippen molar-refractivity contribution in [2.45, 2.75) is 19.4 Å². The summed E-state index contributed by atoms with van der Waals surface area (Å²) in [7, 11) is 1.62. The zero-order chi connectivity index (χ0) is 18.6. The number of nitrogens with one attached hydrogen (secondary N) is 1. The second-order valence-electron chi connectivity index (χ2n) is 6.61. The third kappa shape index (κ3) is 3.58. The van der Waals surface area contributed by atoms with Crippen molar-refractivity contribution in [2.24, 2.45) is 5.92 Å². The number of methoxy groups -OCH3 is 1. The van der Waals surface area contributed by atoms with Crippen molar-refractivity contribution in [1.82, 2.24) is 20.3 Å². The molecule has 1 aromatic heterocycles. The van der Waals surface area contributed by atoms with Crippen LogP contribution in [0.2, 0.25) is 0 Å². The lowest BCUT2D eigenvalue weighted by Crippen LogP contribution is -2.38. The number of hydrogen-bond acceptors (Lipinski definition) is 5. The lowest BCUT2D eigenvalue weighted by Gasteiger charge is -2.25. The van der Waals surface area contributed by atoms with E-state index in [1.165, 1.54) is 0 Å². The van der Waals surface area contributed by atoms with Gasteiger partial charge in [-0.3, -0.25) is 4.79 Å². The summed E-state index contributed by atoms with van der Waals surface area (Å²) in [4.78, 5) is 12.5. The summed E-state index contributed by atoms with van der Waals surface area (Å²) < 4.78 is 13.0. The van der Waals surface area contributed by atoms with Gasteiger partial charge in [0.2, 0.25) is 5.91 Å². The Hall–Kier alpha value is -3.09. The molecule has 1 amide bonds. The van der Waals surface area contributed by atoms with E-state index in [0.717, 1.165) is 28.8 Å². The largest absolute Gasteiger partial charge is 0.493 e. The number of carbonyl (C=O) groups excluding carboxylic acids is 1. The number of benzene rings is 2. The van der Waals surface area contributed by atoms with E-state index in [2.05, 4.69) is 15.6 Å². The average molecular weight is 366 g/mol. The molecule has 2 heterocycles. The van der Waals surface area contributed by atoms with Gasteiger partial charge in [0.1, 0.15) is 12.1 Å². The van der Waals surface area contributed by atoms with Crippen molar-refractivity contribution in [3.8, 4) is 11.5 Å². The minimum atomic E-state index is -0.184. The lowest BCUT2D eigenvalue weighted by atomic mass is 9.95. The molecule has 1 atom stereocenters. The molecule has 0 bridgehead atoms. The SMILES string of the molecule is COc1cccc2c1OC[C@@H](C(=O)NCCCn1nnc3ccccc31)C2. The highest BCUT2D eigenvalue weighted by Crippen LogP contribution is 2.35. The van der Waals surface area contributed by atoms with Crippen LogP contribution >= 0.6 is 0 Å². The first kappa shape index (κ1) is 17.3. The van der Waals surface area contributed by atoms with Gasteiger partial charge in [-0.2, -0.15) is 0 Å². The molecule has 0 saturated carbocycles. The van der Waals surface area contributed by atoms with E-state index in [1.807, 2.05) is 47.1 Å². The first-order valence-electron chi connectivity index (χ1n) is 9.11. The number of hydrogen-bond donors (Lipinski definition) is 1. The summed E-state index contributed by atoms with van der Waals surface area (Å²) in [6.45, 7) is 1.67. The van der Waals surface area contributed by atoms with Crippen molar-refractivity contribution in [2.75, 3.05) is 20.3 Å². The van der Waals surface area contributed by atoms with Crippen LogP contribution in [0.1, 0.15) is 12.0 Å². The van der Waals surface area contributed by atoms with Gasteiger partial charge >= 0.3 is 0 Å². The Kier molecular flexibility index (Phi) is 4.91. The van der Waals surface area contributed by atoms with Crippen LogP contribution in [0, 0.1) is 5.92 Å². The van der Waals surface area contributed by atoms with Crippen molar-refractivity contribution in [3.05, 3.63) is 48.0 Å². The van der Waals surface area contributed by atoms with E-state index in [1.54, 1.807) is 7.11 Å². The van der Waals surface area contributed by atoms with Crippen LogP contribution in [0.5, 0.6) is 11.5 Å². The molecule has 3 aromatic rings. The number of para-hydroxylation sites is 2. The summed E-state index contributed by atoms with van der Waals surface area (Å²) >= 11 is 0. The molecule has 0 saturated heterocycles. The van der Waals surface area contributed by atoms with Gasteiger partial charge in [-0.25, -0.2) is 4.68 Å². The number of aryl methyl sites for hydroxylation is 1. The Morgan fingerprint density at radius 1 is 1.30 bits per heavy atom. The number of nitrogens with zero attached hydrogens (tertiary/aromatic N) is 3. The molecule has 140 valence electrons. The van der Waals surface area contributed by atoms with Gasteiger partial charge in [-0.05, 0) is 36.6 Å². The molecule has 0 unspecified atom stereocenters. The Morgan fingerprint density at radius 2 is 2.19 bits per heavy atom. The lowest BCUT2D eigenvalue weighted by molar-refractivity contribution is -0.126. The van der Waals surface area contributed by atoms with Gasteiger partial charge < -0.3 is 14.8 Å². The number of carbonyl (C=O) groups is 1. The van der Waals surface area contributed by atoms with Gasteiger partial charge in [0.15, 0.2) is 11.5 Å². The highest BCUT2D eigenvalue weighted by molar-refractivity contribution is 5.79. The Bertz CT molecular complexity index is 953. The molecule has 27 heavy (non-hydrogen) atoms. The Morgan fingerprint density at radius 3 is 3.07 bits per heavy atom. The predicted octanol–water partition coefficient (Wildman–Crippen LogP) is 2.20. The summed E-state index contributed by atoms with van der Waals surface area (Å²) in [6, 6.07) is 13.6. The van der Waals surface area contributed by atoms with E-state index in [4.69, 9.17) is 9.47 Å². The summed E-state index contributed by atoms with van der Waals surface area (Å²) in [5, 5.41) is 11.3. The van der Waals surface area contributed by atoms with Crippen LogP contribution in [0.4, 0.5) is 0 Å². The molecule has 0 radical (unpaired) electrons. The fraction of sp³-hybridized carbons (Fsp3) is 0.350. The molecular formula is C20H22N4O3. The molecule has 7 heteroatoms. The smallest absolute Gasteiger partial charge is 0.226 e. The van der Waals surface area contributed by atoms with E-state index >= 15 is 0 Å². The second kappa shape index (κ2) is 7.65. The molecule has 2 aromatic carbocycles. The van der Waals surface area contributed by atoms with Gasteiger partial charge in [0, 0.05) is 13.1 Å². The number of amides is 1. The van der Waals surface area contributed by atoms with Crippen LogP contribution in [0.15, 0.2) is 42.5 Å². The van der Waals surface area contributed by atoms with Crippen LogP contribution in [0.3, 0.4) is 0 Å². The van der Waals surface area contributed by atoms with Gasteiger partial charge in [-0.15, -0.1) is 5.10 Å². The molecule has 1 aliphatic rings. The summed E-state index contributed by atoms with van der Waals surface area (Å²) in [6.07, 6.45) is 1.45. The van der Waals surface area contributed by atoms with Gasteiger partial charge in [-0.1, -0.05) is 29.5 Å². The maximum absolute atomic E-state index is 12.5. The van der Waals surface area contributed by atoms with Gasteiger partial charge in [0.25, 0.3) is 0 Å². The van der Waals surface area contributed by atoms with Crippen LogP contribution < -0.4 is 14.8 Å². The Balaban J connectivity index is 1.29. The highest BCUT2D eigenvalue weighted by atomic mass is 16.5. The molecule has 0 aliphatic carbocycles. The fourth-order valence-electron chi connectivity index (χ4n) is 3.39. The summed E-state index contributed by atoms with van der Waals surface area (Å²) in [5.74, 6) is 1.30. The average Bonchev–Trinajstić information content (AvgIpc) is 3.13. The third-order valence-corrected chi connectivity index (χ3v) is 4.81. The van der Waals surface area contributed by atoms with E-state index in [9.17, 15) is 4.79 Å². The number of rotatable bonds is 6. The maximum Gasteiger partial charge on any atom is 0.226 e. The Labute approximate surface area is 157 Å². The van der Waals surface area contributed by atoms with Crippen LogP contribution in [-0.4, -0.2) is 41.2 Å². The normalized spacial score (nSPS) is 15.8. The molecular weight excluding hydrogens is 344 g/mol. The quantitative estimate of drug-likeness (QED) is 0.677. The van der Waals surface area contributed by atoms with Crippen molar-refractivity contribution in [3.63, 3.8) is 0 Å². The predicted molar refractivity (Wildman–Crippen MR) is 101 cm³/mol. The fourth-order valence-corrected chi connectivity index (χ4v) is 3.39. The molecule has 0 spiro atoms. The van der Waals surface area contributed by atoms with E-state index in [0.29, 0.717) is 31.9 Å². The number of ether oxygens (including phenoxy) is 2. The van der Waals surface area contributed by atoms with Crippen molar-refractivity contribution >= 4 is 16.9 Å². The van der Waals surface area contributed by atoms with E-state index < -0.39 is 0 Å². The highest BCUT2D eigenvalue weighted by Gasteiger charge is 2.27. The number of fused-ring (bicyclic) bond motifs is 2. The zero-order valence-corrected chi connectivity index (χ0v) is 15.2. The molecule has 1 N–H and O–H groups in total.